The van der Waals surface area contributed by atoms with Crippen molar-refractivity contribution in [2.45, 2.75) is 127 Å². The molecule has 0 heterocycles. The van der Waals surface area contributed by atoms with E-state index in [2.05, 4.69) is 93.5 Å². The van der Waals surface area contributed by atoms with Crippen LogP contribution in [0.3, 0.4) is 0 Å². The molecule has 0 fully saturated rings. The Hall–Kier alpha value is -2.57. The highest BCUT2D eigenvalue weighted by molar-refractivity contribution is 5.65. The molecule has 1 N–H and O–H groups in total. The zero-order valence-corrected chi connectivity index (χ0v) is 31.0. The first-order valence-electron chi connectivity index (χ1n) is 17.1. The molecule has 2 rings (SSSR count). The highest BCUT2D eigenvalue weighted by Gasteiger charge is 2.37. The summed E-state index contributed by atoms with van der Waals surface area (Å²) >= 11 is 0. The van der Waals surface area contributed by atoms with Crippen LogP contribution in [-0.4, -0.2) is 43.8 Å². The second-order valence-electron chi connectivity index (χ2n) is 16.8. The van der Waals surface area contributed by atoms with E-state index in [0.717, 1.165) is 31.4 Å². The van der Waals surface area contributed by atoms with Crippen molar-refractivity contribution >= 4 is 5.97 Å². The minimum absolute atomic E-state index is 0.0990. The Labute approximate surface area is 280 Å². The fourth-order valence-electron chi connectivity index (χ4n) is 6.20. The van der Waals surface area contributed by atoms with Gasteiger partial charge in [0.2, 0.25) is 0 Å². The van der Waals surface area contributed by atoms with Gasteiger partial charge in [0.1, 0.15) is 18.1 Å². The average Bonchev–Trinajstić information content (AvgIpc) is 2.93. The van der Waals surface area contributed by atoms with Crippen LogP contribution in [0.25, 0.3) is 0 Å². The summed E-state index contributed by atoms with van der Waals surface area (Å²) in [4.78, 5) is 10.8. The molecule has 2 aromatic carbocycles. The van der Waals surface area contributed by atoms with Crippen LogP contribution in [0.2, 0.25) is 0 Å². The molecule has 2 aromatic rings. The average molecular weight is 641 g/mol. The number of hydrogen-bond donors (Lipinski definition) is 1. The molecule has 0 bridgehead atoms. The molecule has 0 aliphatic rings. The maximum absolute atomic E-state index is 10.8. The maximum atomic E-state index is 10.8. The minimum Gasteiger partial charge on any atom is -0.508 e. The molecule has 0 saturated carbocycles. The van der Waals surface area contributed by atoms with Crippen molar-refractivity contribution < 1.29 is 28.8 Å². The zero-order valence-electron chi connectivity index (χ0n) is 31.0. The summed E-state index contributed by atoms with van der Waals surface area (Å²) in [7, 11) is 0. The number of benzene rings is 2. The lowest BCUT2D eigenvalue weighted by Gasteiger charge is -2.42. The van der Waals surface area contributed by atoms with Gasteiger partial charge in [0.15, 0.2) is 6.29 Å². The van der Waals surface area contributed by atoms with Crippen molar-refractivity contribution in [1.29, 1.82) is 0 Å². The van der Waals surface area contributed by atoms with E-state index < -0.39 is 6.29 Å². The summed E-state index contributed by atoms with van der Waals surface area (Å²) in [5, 5.41) is 9.93. The van der Waals surface area contributed by atoms with Gasteiger partial charge in [-0.1, -0.05) is 93.5 Å². The number of phenolic OH excluding ortho intramolecular Hbond substituents is 1. The van der Waals surface area contributed by atoms with E-state index in [4.69, 9.17) is 18.9 Å². The first kappa shape index (κ1) is 39.6. The second kappa shape index (κ2) is 17.0. The predicted molar refractivity (Wildman–Crippen MR) is 188 cm³/mol. The molecule has 0 aliphatic carbocycles. The fourth-order valence-corrected chi connectivity index (χ4v) is 6.20. The van der Waals surface area contributed by atoms with Gasteiger partial charge in [-0.05, 0) is 101 Å². The summed E-state index contributed by atoms with van der Waals surface area (Å²) in [6.45, 7) is 28.4. The first-order valence-corrected chi connectivity index (χ1v) is 17.1. The third-order valence-corrected chi connectivity index (χ3v) is 9.00. The third-order valence-electron chi connectivity index (χ3n) is 9.00. The van der Waals surface area contributed by atoms with Crippen LogP contribution in [0.5, 0.6) is 11.5 Å². The number of rotatable bonds is 18. The van der Waals surface area contributed by atoms with E-state index in [1.807, 2.05) is 31.2 Å². The van der Waals surface area contributed by atoms with Crippen LogP contribution >= 0.6 is 0 Å². The van der Waals surface area contributed by atoms with Gasteiger partial charge >= 0.3 is 5.97 Å². The van der Waals surface area contributed by atoms with Crippen molar-refractivity contribution in [3.8, 4) is 11.5 Å². The lowest BCUT2D eigenvalue weighted by atomic mass is 9.63. The van der Waals surface area contributed by atoms with Crippen molar-refractivity contribution in [2.24, 2.45) is 21.7 Å². The Morgan fingerprint density at radius 2 is 1.26 bits per heavy atom. The second-order valence-corrected chi connectivity index (χ2v) is 16.8. The molecule has 0 amide bonds. The van der Waals surface area contributed by atoms with E-state index in [-0.39, 0.29) is 34.2 Å². The standard InChI is InChI=1S/C40H64O6/c1-29(41)44-25-23-43-24-26-45-30(2)46-34-19-15-31(16-20-34)35(38(6,7)8)28-39(9,10)21-22-40(11,12)36(27-37(3,4)5)32-13-17-33(42)18-14-32/h13-20,30,35-36,42H,21-28H2,1-12H3. The van der Waals surface area contributed by atoms with Crippen molar-refractivity contribution in [3.63, 3.8) is 0 Å². The van der Waals surface area contributed by atoms with Gasteiger partial charge in [-0.15, -0.1) is 0 Å². The summed E-state index contributed by atoms with van der Waals surface area (Å²) in [6.07, 6.45) is 4.04. The quantitative estimate of drug-likeness (QED) is 0.0993. The van der Waals surface area contributed by atoms with Gasteiger partial charge < -0.3 is 24.1 Å². The molecule has 6 heteroatoms. The Balaban J connectivity index is 2.03. The number of carbonyl (C=O) groups is 1. The molecule has 0 saturated heterocycles. The number of carbonyl (C=O) groups excluding carboxylic acids is 1. The van der Waals surface area contributed by atoms with Gasteiger partial charge in [0, 0.05) is 6.92 Å². The monoisotopic (exact) mass is 640 g/mol. The fraction of sp³-hybridized carbons (Fsp3) is 0.675. The highest BCUT2D eigenvalue weighted by atomic mass is 16.7. The van der Waals surface area contributed by atoms with E-state index in [0.29, 0.717) is 37.4 Å². The number of phenols is 1. The SMILES string of the molecule is CC(=O)OCCOCCOC(C)Oc1ccc(C(CC(C)(C)CCC(C)(C)C(CC(C)(C)C)c2ccc(O)cc2)C(C)(C)C)cc1. The molecule has 46 heavy (non-hydrogen) atoms. The van der Waals surface area contributed by atoms with Gasteiger partial charge in [0.05, 0.1) is 19.8 Å². The van der Waals surface area contributed by atoms with Crippen LogP contribution in [0.1, 0.15) is 132 Å². The lowest BCUT2D eigenvalue weighted by Crippen LogP contribution is -2.30. The molecule has 260 valence electrons. The molecule has 0 spiro atoms. The number of hydrogen-bond acceptors (Lipinski definition) is 6. The van der Waals surface area contributed by atoms with Gasteiger partial charge in [-0.3, -0.25) is 4.79 Å². The van der Waals surface area contributed by atoms with Crippen LogP contribution in [0.15, 0.2) is 48.5 Å². The largest absolute Gasteiger partial charge is 0.508 e. The van der Waals surface area contributed by atoms with Gasteiger partial charge in [-0.2, -0.15) is 0 Å². The van der Waals surface area contributed by atoms with E-state index >= 15 is 0 Å². The van der Waals surface area contributed by atoms with Crippen LogP contribution in [-0.2, 0) is 19.0 Å². The van der Waals surface area contributed by atoms with Crippen LogP contribution in [0.4, 0.5) is 0 Å². The molecule has 0 aromatic heterocycles. The highest BCUT2D eigenvalue weighted by Crippen LogP contribution is 2.50. The van der Waals surface area contributed by atoms with E-state index in [9.17, 15) is 9.90 Å². The number of aromatic hydroxyl groups is 1. The van der Waals surface area contributed by atoms with Crippen molar-refractivity contribution in [2.75, 3.05) is 26.4 Å². The summed E-state index contributed by atoms with van der Waals surface area (Å²) in [5.74, 6) is 1.59. The van der Waals surface area contributed by atoms with Crippen molar-refractivity contribution in [3.05, 3.63) is 59.7 Å². The molecule has 3 atom stereocenters. The Morgan fingerprint density at radius 3 is 1.80 bits per heavy atom. The number of ether oxygens (including phenoxy) is 4. The first-order chi connectivity index (χ1) is 21.2. The molecule has 0 aliphatic heterocycles. The number of esters is 1. The predicted octanol–water partition coefficient (Wildman–Crippen LogP) is 10.3. The normalized spacial score (nSPS) is 14.9. The lowest BCUT2D eigenvalue weighted by molar-refractivity contribution is -0.142. The Morgan fingerprint density at radius 1 is 0.717 bits per heavy atom. The summed E-state index contributed by atoms with van der Waals surface area (Å²) < 4.78 is 22.0. The van der Waals surface area contributed by atoms with Crippen LogP contribution in [0, 0.1) is 21.7 Å². The smallest absolute Gasteiger partial charge is 0.302 e. The molecule has 6 nitrogen and oxygen atoms in total. The topological polar surface area (TPSA) is 74.2 Å². The minimum atomic E-state index is -0.410. The molecule has 0 radical (unpaired) electrons. The summed E-state index contributed by atoms with van der Waals surface area (Å²) in [6, 6.07) is 16.4. The molecular formula is C40H64O6. The molecular weight excluding hydrogens is 576 g/mol. The maximum Gasteiger partial charge on any atom is 0.302 e. The van der Waals surface area contributed by atoms with Gasteiger partial charge in [-0.25, -0.2) is 0 Å². The van der Waals surface area contributed by atoms with Gasteiger partial charge in [0.25, 0.3) is 0 Å². The zero-order chi connectivity index (χ0) is 34.8. The Bertz CT molecular complexity index is 1170. The molecule has 3 unspecified atom stereocenters. The van der Waals surface area contributed by atoms with Crippen molar-refractivity contribution in [1.82, 2.24) is 0 Å². The van der Waals surface area contributed by atoms with Crippen LogP contribution < -0.4 is 4.74 Å². The van der Waals surface area contributed by atoms with E-state index in [1.54, 1.807) is 0 Å². The van der Waals surface area contributed by atoms with E-state index in [1.165, 1.54) is 18.1 Å². The summed E-state index contributed by atoms with van der Waals surface area (Å²) in [5.41, 5.74) is 3.20. The third kappa shape index (κ3) is 14.5. The Kier molecular flexibility index (Phi) is 14.6.